The van der Waals surface area contributed by atoms with Crippen LogP contribution in [-0.4, -0.2) is 85.9 Å². The van der Waals surface area contributed by atoms with Crippen molar-refractivity contribution >= 4 is 34.9 Å². The van der Waals surface area contributed by atoms with Crippen LogP contribution in [0.3, 0.4) is 0 Å². The first-order chi connectivity index (χ1) is 20.5. The maximum atomic E-state index is 14.0. The minimum atomic E-state index is -1.05. The number of hydrogen-bond acceptors (Lipinski definition) is 10. The molecule has 42 heavy (non-hydrogen) atoms. The predicted octanol–water partition coefficient (Wildman–Crippen LogP) is 2.04. The Morgan fingerprint density at radius 2 is 1.83 bits per heavy atom. The molecule has 0 spiro atoms. The van der Waals surface area contributed by atoms with E-state index in [-0.39, 0.29) is 30.4 Å². The third-order valence-electron chi connectivity index (χ3n) is 7.94. The lowest BCUT2D eigenvalue weighted by atomic mass is 10.1. The van der Waals surface area contributed by atoms with E-state index in [0.29, 0.717) is 30.6 Å². The minimum Gasteiger partial charge on any atom is -0.464 e. The average Bonchev–Trinajstić information content (AvgIpc) is 3.38. The summed E-state index contributed by atoms with van der Waals surface area (Å²) in [6, 6.07) is 8.57. The van der Waals surface area contributed by atoms with Crippen molar-refractivity contribution < 1.29 is 33.3 Å². The minimum absolute atomic E-state index is 0.175. The Bertz CT molecular complexity index is 1500. The highest BCUT2D eigenvalue weighted by molar-refractivity contribution is 5.96. The van der Waals surface area contributed by atoms with Gasteiger partial charge in [-0.3, -0.25) is 14.7 Å². The van der Waals surface area contributed by atoms with Crippen LogP contribution in [0.15, 0.2) is 43.0 Å². The van der Waals surface area contributed by atoms with Gasteiger partial charge in [0.2, 0.25) is 0 Å². The molecule has 1 saturated carbocycles. The number of ether oxygens (including phenoxy) is 4. The molecular weight excluding hydrogens is 546 g/mol. The van der Waals surface area contributed by atoms with Crippen molar-refractivity contribution in [2.45, 2.75) is 75.5 Å². The molecule has 3 aliphatic heterocycles. The Kier molecular flexibility index (Phi) is 6.96. The molecule has 0 radical (unpaired) electrons. The maximum absolute atomic E-state index is 14.0. The number of nitrogens with one attached hydrogen (secondary N) is 2. The van der Waals surface area contributed by atoms with Crippen LogP contribution in [0, 0.1) is 0 Å². The van der Waals surface area contributed by atoms with E-state index in [0.717, 1.165) is 18.4 Å². The van der Waals surface area contributed by atoms with Crippen molar-refractivity contribution in [3.8, 4) is 0 Å². The Morgan fingerprint density at radius 1 is 1.02 bits per heavy atom. The molecule has 2 aromatic heterocycles. The SMILES string of the molecule is CCOC(=O)[C@H]1CCCN1C(=O)C1OC(n2cnc3c(NC(=O)NC4CC4)ncnc32)C2O[C@@H](c3ccccc3)OC12. The van der Waals surface area contributed by atoms with E-state index < -0.39 is 42.8 Å². The lowest BCUT2D eigenvalue weighted by molar-refractivity contribution is -0.172. The molecule has 14 heteroatoms. The first-order valence-electron chi connectivity index (χ1n) is 14.3. The molecule has 6 atom stereocenters. The van der Waals surface area contributed by atoms with Gasteiger partial charge in [0.05, 0.1) is 12.9 Å². The number of fused-ring (bicyclic) bond motifs is 2. The topological polar surface area (TPSA) is 159 Å². The number of rotatable bonds is 7. The molecule has 220 valence electrons. The van der Waals surface area contributed by atoms with Gasteiger partial charge in [0, 0.05) is 18.2 Å². The van der Waals surface area contributed by atoms with E-state index in [1.54, 1.807) is 11.5 Å². The van der Waals surface area contributed by atoms with Crippen LogP contribution in [0.25, 0.3) is 11.2 Å². The van der Waals surface area contributed by atoms with Gasteiger partial charge in [0.15, 0.2) is 35.6 Å². The van der Waals surface area contributed by atoms with Crippen LogP contribution in [0.5, 0.6) is 0 Å². The molecule has 7 rings (SSSR count). The molecule has 4 aliphatic rings. The zero-order chi connectivity index (χ0) is 28.8. The fourth-order valence-corrected chi connectivity index (χ4v) is 5.80. The number of nitrogens with zero attached hydrogens (tertiary/aromatic N) is 5. The summed E-state index contributed by atoms with van der Waals surface area (Å²) >= 11 is 0. The van der Waals surface area contributed by atoms with Gasteiger partial charge >= 0.3 is 12.0 Å². The fraction of sp³-hybridized carbons (Fsp3) is 0.500. The highest BCUT2D eigenvalue weighted by Crippen LogP contribution is 2.45. The Morgan fingerprint density at radius 3 is 2.62 bits per heavy atom. The number of imidazole rings is 1. The molecule has 1 aliphatic carbocycles. The molecular formula is C28H31N7O7. The number of esters is 1. The smallest absolute Gasteiger partial charge is 0.328 e. The van der Waals surface area contributed by atoms with E-state index in [4.69, 9.17) is 18.9 Å². The first kappa shape index (κ1) is 26.7. The van der Waals surface area contributed by atoms with Gasteiger partial charge in [-0.15, -0.1) is 0 Å². The van der Waals surface area contributed by atoms with Crippen LogP contribution < -0.4 is 10.6 Å². The first-order valence-corrected chi connectivity index (χ1v) is 14.3. The summed E-state index contributed by atoms with van der Waals surface area (Å²) in [7, 11) is 0. The number of carbonyl (C=O) groups is 3. The average molecular weight is 578 g/mol. The number of benzene rings is 1. The summed E-state index contributed by atoms with van der Waals surface area (Å²) < 4.78 is 26.0. The van der Waals surface area contributed by atoms with Gasteiger partial charge in [0.25, 0.3) is 5.91 Å². The molecule has 3 amide bonds. The summed E-state index contributed by atoms with van der Waals surface area (Å²) in [6.45, 7) is 2.38. The molecule has 3 saturated heterocycles. The highest BCUT2D eigenvalue weighted by Gasteiger charge is 2.58. The summed E-state index contributed by atoms with van der Waals surface area (Å²) in [5.74, 6) is -0.541. The lowest BCUT2D eigenvalue weighted by Gasteiger charge is -2.27. The second-order valence-corrected chi connectivity index (χ2v) is 10.8. The zero-order valence-corrected chi connectivity index (χ0v) is 22.9. The van der Waals surface area contributed by atoms with Crippen molar-refractivity contribution in [3.63, 3.8) is 0 Å². The van der Waals surface area contributed by atoms with Gasteiger partial charge in [-0.25, -0.2) is 24.5 Å². The van der Waals surface area contributed by atoms with Crippen molar-refractivity contribution in [1.29, 1.82) is 0 Å². The van der Waals surface area contributed by atoms with Crippen LogP contribution >= 0.6 is 0 Å². The van der Waals surface area contributed by atoms with Gasteiger partial charge in [-0.2, -0.15) is 0 Å². The van der Waals surface area contributed by atoms with Crippen molar-refractivity contribution in [2.75, 3.05) is 18.5 Å². The Hall–Kier alpha value is -4.14. The molecule has 3 aromatic rings. The number of anilines is 1. The molecule has 4 fully saturated rings. The molecule has 5 heterocycles. The van der Waals surface area contributed by atoms with E-state index in [2.05, 4.69) is 25.6 Å². The normalized spacial score (nSPS) is 28.5. The van der Waals surface area contributed by atoms with Gasteiger partial charge in [-0.05, 0) is 32.6 Å². The van der Waals surface area contributed by atoms with Gasteiger partial charge < -0.3 is 29.2 Å². The van der Waals surface area contributed by atoms with E-state index in [1.807, 2.05) is 30.3 Å². The second kappa shape index (κ2) is 10.9. The number of urea groups is 1. The predicted molar refractivity (Wildman–Crippen MR) is 145 cm³/mol. The van der Waals surface area contributed by atoms with E-state index >= 15 is 0 Å². The maximum Gasteiger partial charge on any atom is 0.328 e. The number of amides is 3. The second-order valence-electron chi connectivity index (χ2n) is 10.8. The third-order valence-corrected chi connectivity index (χ3v) is 7.94. The van der Waals surface area contributed by atoms with Crippen molar-refractivity contribution in [2.24, 2.45) is 0 Å². The molecule has 0 bridgehead atoms. The number of carbonyl (C=O) groups excluding carboxylic acids is 3. The van der Waals surface area contributed by atoms with Crippen LogP contribution in [-0.2, 0) is 28.5 Å². The van der Waals surface area contributed by atoms with Crippen LogP contribution in [0.1, 0.15) is 50.7 Å². The van der Waals surface area contributed by atoms with Gasteiger partial charge in [0.1, 0.15) is 24.6 Å². The fourth-order valence-electron chi connectivity index (χ4n) is 5.80. The van der Waals surface area contributed by atoms with E-state index in [9.17, 15) is 14.4 Å². The summed E-state index contributed by atoms with van der Waals surface area (Å²) in [6.07, 6.45) is 1.87. The quantitative estimate of drug-likeness (QED) is 0.398. The summed E-state index contributed by atoms with van der Waals surface area (Å²) in [5.41, 5.74) is 1.55. The highest BCUT2D eigenvalue weighted by atomic mass is 16.8. The standard InChI is InChI=1S/C28H31N7O7/c1-2-39-26(37)17-9-6-12-34(17)24(36)20-19-21(42-27(41-19)15-7-4-3-5-8-15)25(40-20)35-14-31-18-22(29-13-30-23(18)35)33-28(38)32-16-10-11-16/h3-5,7-8,13-14,16-17,19-21,25,27H,2,6,9-12H2,1H3,(H2,29,30,32,33,38)/t17-,19?,20?,21?,25?,27+/m1/s1. The number of aromatic nitrogens is 4. The molecule has 4 unspecified atom stereocenters. The van der Waals surface area contributed by atoms with Gasteiger partial charge in [-0.1, -0.05) is 30.3 Å². The monoisotopic (exact) mass is 577 g/mol. The third kappa shape index (κ3) is 4.84. The largest absolute Gasteiger partial charge is 0.464 e. The number of likely N-dealkylation sites (tertiary alicyclic amines) is 1. The van der Waals surface area contributed by atoms with Crippen LogP contribution in [0.4, 0.5) is 10.6 Å². The summed E-state index contributed by atoms with van der Waals surface area (Å²) in [5, 5.41) is 5.61. The summed E-state index contributed by atoms with van der Waals surface area (Å²) in [4.78, 5) is 53.6. The number of hydrogen-bond donors (Lipinski definition) is 2. The zero-order valence-electron chi connectivity index (χ0n) is 22.9. The molecule has 2 N–H and O–H groups in total. The van der Waals surface area contributed by atoms with Crippen molar-refractivity contribution in [3.05, 3.63) is 48.5 Å². The molecule has 1 aromatic carbocycles. The van der Waals surface area contributed by atoms with Crippen LogP contribution in [0.2, 0.25) is 0 Å². The van der Waals surface area contributed by atoms with Crippen molar-refractivity contribution in [1.82, 2.24) is 29.7 Å². The Labute approximate surface area is 240 Å². The molecule has 14 nitrogen and oxygen atoms in total. The lowest BCUT2D eigenvalue weighted by Crippen LogP contribution is -2.49. The van der Waals surface area contributed by atoms with E-state index in [1.165, 1.54) is 17.6 Å². The Balaban J connectivity index is 1.19.